The zero-order valence-electron chi connectivity index (χ0n) is 28.3. The van der Waals surface area contributed by atoms with E-state index < -0.39 is 0 Å². The lowest BCUT2D eigenvalue weighted by atomic mass is 9.88. The molecule has 0 spiro atoms. The van der Waals surface area contributed by atoms with E-state index in [1.165, 1.54) is 6.42 Å². The van der Waals surface area contributed by atoms with Crippen LogP contribution in [0.2, 0.25) is 0 Å². The molecule has 0 unspecified atom stereocenters. The predicted molar refractivity (Wildman–Crippen MR) is 194 cm³/mol. The number of anilines is 2. The number of pyridine rings is 3. The van der Waals surface area contributed by atoms with Gasteiger partial charge in [0.15, 0.2) is 0 Å². The molecule has 0 aliphatic heterocycles. The van der Waals surface area contributed by atoms with Gasteiger partial charge in [-0.05, 0) is 77.6 Å². The SMILES string of the molecule is CC(C)c1cccc(C(C)C)c1NC(=O)N(CC1CCCCC1)c1c(-c2cccc(OCc3cccnc3)c2)c2cccnc2[nH]c1=O. The number of H-pyrrole nitrogens is 1. The van der Waals surface area contributed by atoms with Gasteiger partial charge in [-0.2, -0.15) is 0 Å². The molecule has 0 bridgehead atoms. The number of aromatic amines is 1. The average Bonchev–Trinajstić information content (AvgIpc) is 3.10. The first-order valence-corrected chi connectivity index (χ1v) is 17.1. The summed E-state index contributed by atoms with van der Waals surface area (Å²) in [5.74, 6) is 1.33. The number of nitrogens with zero attached hydrogens (tertiary/aromatic N) is 3. The van der Waals surface area contributed by atoms with Crippen LogP contribution in [0.5, 0.6) is 5.75 Å². The molecular weight excluding hydrogens is 598 g/mol. The van der Waals surface area contributed by atoms with Crippen molar-refractivity contribution in [2.24, 2.45) is 5.92 Å². The lowest BCUT2D eigenvalue weighted by molar-refractivity contribution is 0.254. The molecule has 248 valence electrons. The van der Waals surface area contributed by atoms with Crippen molar-refractivity contribution in [2.75, 3.05) is 16.8 Å². The second kappa shape index (κ2) is 14.8. The van der Waals surface area contributed by atoms with Gasteiger partial charge in [-0.15, -0.1) is 0 Å². The van der Waals surface area contributed by atoms with Crippen molar-refractivity contribution >= 4 is 28.4 Å². The summed E-state index contributed by atoms with van der Waals surface area (Å²) in [5.41, 5.74) is 5.77. The smallest absolute Gasteiger partial charge is 0.326 e. The van der Waals surface area contributed by atoms with Crippen LogP contribution in [0.15, 0.2) is 90.1 Å². The Bertz CT molecular complexity index is 1900. The number of hydrogen-bond donors (Lipinski definition) is 2. The van der Waals surface area contributed by atoms with E-state index in [1.807, 2.05) is 48.5 Å². The number of carbonyl (C=O) groups is 1. The maximum Gasteiger partial charge on any atom is 0.326 e. The second-order valence-electron chi connectivity index (χ2n) is 13.4. The lowest BCUT2D eigenvalue weighted by Gasteiger charge is -2.32. The number of hydrogen-bond acceptors (Lipinski definition) is 5. The molecule has 8 heteroatoms. The van der Waals surface area contributed by atoms with Gasteiger partial charge in [-0.3, -0.25) is 14.7 Å². The van der Waals surface area contributed by atoms with E-state index in [4.69, 9.17) is 4.74 Å². The summed E-state index contributed by atoms with van der Waals surface area (Å²) >= 11 is 0. The zero-order chi connectivity index (χ0) is 33.6. The molecule has 2 aromatic carbocycles. The molecule has 1 aliphatic carbocycles. The van der Waals surface area contributed by atoms with Crippen LogP contribution in [0.1, 0.15) is 88.3 Å². The van der Waals surface area contributed by atoms with Crippen LogP contribution in [0.25, 0.3) is 22.2 Å². The minimum Gasteiger partial charge on any atom is -0.489 e. The van der Waals surface area contributed by atoms with Crippen LogP contribution in [0.4, 0.5) is 16.2 Å². The van der Waals surface area contributed by atoms with Crippen LogP contribution in [0, 0.1) is 5.92 Å². The van der Waals surface area contributed by atoms with Gasteiger partial charge in [0.2, 0.25) is 0 Å². The highest BCUT2D eigenvalue weighted by atomic mass is 16.5. The normalized spacial score (nSPS) is 13.6. The van der Waals surface area contributed by atoms with Crippen molar-refractivity contribution < 1.29 is 9.53 Å². The first-order chi connectivity index (χ1) is 23.3. The fraction of sp³-hybridized carbons (Fsp3) is 0.350. The third-order valence-electron chi connectivity index (χ3n) is 9.30. The van der Waals surface area contributed by atoms with E-state index >= 15 is 0 Å². The number of benzene rings is 2. The summed E-state index contributed by atoms with van der Waals surface area (Å²) in [6.07, 6.45) is 10.6. The summed E-state index contributed by atoms with van der Waals surface area (Å²) in [7, 11) is 0. The van der Waals surface area contributed by atoms with Crippen molar-refractivity contribution in [3.8, 4) is 16.9 Å². The van der Waals surface area contributed by atoms with Gasteiger partial charge in [0, 0.05) is 47.3 Å². The summed E-state index contributed by atoms with van der Waals surface area (Å²) in [6.45, 7) is 9.33. The van der Waals surface area contributed by atoms with Crippen molar-refractivity contribution in [3.63, 3.8) is 0 Å². The molecule has 2 amide bonds. The van der Waals surface area contributed by atoms with Gasteiger partial charge in [0.25, 0.3) is 5.56 Å². The number of urea groups is 1. The van der Waals surface area contributed by atoms with Crippen molar-refractivity contribution in [1.29, 1.82) is 0 Å². The first-order valence-electron chi connectivity index (χ1n) is 17.1. The van der Waals surface area contributed by atoms with Crippen LogP contribution in [-0.4, -0.2) is 27.5 Å². The lowest BCUT2D eigenvalue weighted by Crippen LogP contribution is -2.42. The standard InChI is InChI=1S/C40H45N5O3/c1-26(2)32-17-9-18-33(27(3)4)36(32)43-40(47)45(24-28-12-6-5-7-13-28)37-35(34-19-11-21-42-38(34)44-39(37)46)30-15-8-16-31(22-30)48-25-29-14-10-20-41-23-29/h8-11,14-23,26-28H,5-7,12-13,24-25H2,1-4H3,(H,43,47)(H,42,44,46). The van der Waals surface area contributed by atoms with Gasteiger partial charge >= 0.3 is 6.03 Å². The zero-order valence-corrected chi connectivity index (χ0v) is 28.3. The molecular formula is C40H45N5O3. The molecule has 1 fully saturated rings. The topological polar surface area (TPSA) is 100 Å². The highest BCUT2D eigenvalue weighted by Crippen LogP contribution is 2.38. The molecule has 5 aromatic rings. The van der Waals surface area contributed by atoms with Gasteiger partial charge < -0.3 is 15.0 Å². The third kappa shape index (κ3) is 7.28. The minimum atomic E-state index is -0.356. The summed E-state index contributed by atoms with van der Waals surface area (Å²) < 4.78 is 6.18. The van der Waals surface area contributed by atoms with Crippen molar-refractivity contribution in [3.05, 3.63) is 112 Å². The Morgan fingerprint density at radius 3 is 2.38 bits per heavy atom. The molecule has 0 atom stereocenters. The van der Waals surface area contributed by atoms with E-state index in [2.05, 4.69) is 66.2 Å². The summed E-state index contributed by atoms with van der Waals surface area (Å²) in [6, 6.07) is 21.3. The highest BCUT2D eigenvalue weighted by Gasteiger charge is 2.30. The van der Waals surface area contributed by atoms with E-state index in [0.29, 0.717) is 35.8 Å². The average molecular weight is 644 g/mol. The number of para-hydroxylation sites is 1. The van der Waals surface area contributed by atoms with E-state index in [9.17, 15) is 9.59 Å². The van der Waals surface area contributed by atoms with Crippen LogP contribution < -0.4 is 20.5 Å². The maximum atomic E-state index is 14.8. The fourth-order valence-electron chi connectivity index (χ4n) is 6.83. The molecule has 8 nitrogen and oxygen atoms in total. The minimum absolute atomic E-state index is 0.200. The molecule has 1 saturated carbocycles. The van der Waals surface area contributed by atoms with Gasteiger partial charge in [0.05, 0.1) is 0 Å². The molecule has 1 aliphatic rings. The van der Waals surface area contributed by atoms with Crippen molar-refractivity contribution in [1.82, 2.24) is 15.0 Å². The van der Waals surface area contributed by atoms with Gasteiger partial charge in [-0.25, -0.2) is 9.78 Å². The molecule has 3 heterocycles. The molecule has 0 radical (unpaired) electrons. The van der Waals surface area contributed by atoms with Crippen molar-refractivity contribution in [2.45, 2.75) is 78.2 Å². The molecule has 2 N–H and O–H groups in total. The van der Waals surface area contributed by atoms with E-state index in [0.717, 1.165) is 59.0 Å². The summed E-state index contributed by atoms with van der Waals surface area (Å²) in [4.78, 5) is 42.4. The van der Waals surface area contributed by atoms with E-state index in [-0.39, 0.29) is 29.3 Å². The van der Waals surface area contributed by atoms with Gasteiger partial charge in [-0.1, -0.05) is 83.4 Å². The Balaban J connectivity index is 1.49. The van der Waals surface area contributed by atoms with Crippen LogP contribution in [-0.2, 0) is 6.61 Å². The number of amides is 2. The second-order valence-corrected chi connectivity index (χ2v) is 13.4. The predicted octanol–water partition coefficient (Wildman–Crippen LogP) is 9.43. The molecule has 3 aromatic heterocycles. The number of aromatic nitrogens is 3. The van der Waals surface area contributed by atoms with Crippen LogP contribution in [0.3, 0.4) is 0 Å². The third-order valence-corrected chi connectivity index (χ3v) is 9.30. The van der Waals surface area contributed by atoms with Gasteiger partial charge in [0.1, 0.15) is 23.7 Å². The first kappa shape index (κ1) is 32.9. The summed E-state index contributed by atoms with van der Waals surface area (Å²) in [5, 5.41) is 4.07. The molecule has 48 heavy (non-hydrogen) atoms. The number of carbonyl (C=O) groups excluding carboxylic acids is 1. The Morgan fingerprint density at radius 1 is 0.938 bits per heavy atom. The maximum absolute atomic E-state index is 14.8. The number of ether oxygens (including phenoxy) is 1. The van der Waals surface area contributed by atoms with Crippen LogP contribution >= 0.6 is 0 Å². The Kier molecular flexibility index (Phi) is 10.2. The fourth-order valence-corrected chi connectivity index (χ4v) is 6.83. The quantitative estimate of drug-likeness (QED) is 0.158. The number of nitrogens with one attached hydrogen (secondary N) is 2. The van der Waals surface area contributed by atoms with E-state index in [1.54, 1.807) is 23.5 Å². The Hall–Kier alpha value is -4.98. The Morgan fingerprint density at radius 2 is 1.67 bits per heavy atom. The Labute approximate surface area is 282 Å². The molecule has 0 saturated heterocycles. The molecule has 6 rings (SSSR count). The largest absolute Gasteiger partial charge is 0.489 e. The number of fused-ring (bicyclic) bond motifs is 1. The highest BCUT2D eigenvalue weighted by molar-refractivity contribution is 6.09. The monoisotopic (exact) mass is 643 g/mol. The number of rotatable bonds is 10.